The summed E-state index contributed by atoms with van der Waals surface area (Å²) in [4.78, 5) is 11.1. The molecular formula is C12H15ClO3. The second-order valence-electron chi connectivity index (χ2n) is 3.38. The van der Waals surface area contributed by atoms with Crippen molar-refractivity contribution in [3.05, 3.63) is 34.9 Å². The summed E-state index contributed by atoms with van der Waals surface area (Å²) in [5.41, 5.74) is 0.647. The Kier molecular flexibility index (Phi) is 5.29. The van der Waals surface area contributed by atoms with Gasteiger partial charge in [-0.2, -0.15) is 0 Å². The lowest BCUT2D eigenvalue weighted by Crippen LogP contribution is -2.07. The highest BCUT2D eigenvalue weighted by Gasteiger charge is 2.13. The van der Waals surface area contributed by atoms with Crippen LogP contribution in [0.4, 0.5) is 0 Å². The van der Waals surface area contributed by atoms with E-state index in [4.69, 9.17) is 16.3 Å². The van der Waals surface area contributed by atoms with E-state index < -0.39 is 6.10 Å². The first kappa shape index (κ1) is 13.0. The molecule has 1 rings (SSSR count). The Balaban J connectivity index is 2.50. The average molecular weight is 243 g/mol. The van der Waals surface area contributed by atoms with Crippen LogP contribution < -0.4 is 0 Å². The van der Waals surface area contributed by atoms with Gasteiger partial charge in [-0.3, -0.25) is 4.79 Å². The second-order valence-corrected chi connectivity index (χ2v) is 3.79. The SMILES string of the molecule is CCOC(=O)CCC(O)c1ccccc1Cl. The molecule has 0 heterocycles. The standard InChI is InChI=1S/C12H15ClO3/c1-2-16-12(15)8-7-11(14)9-5-3-4-6-10(9)13/h3-6,11,14H,2,7-8H2,1H3. The van der Waals surface area contributed by atoms with Crippen molar-refractivity contribution < 1.29 is 14.6 Å². The monoisotopic (exact) mass is 242 g/mol. The molecule has 0 bridgehead atoms. The highest BCUT2D eigenvalue weighted by molar-refractivity contribution is 6.31. The van der Waals surface area contributed by atoms with Crippen molar-refractivity contribution in [2.24, 2.45) is 0 Å². The fourth-order valence-corrected chi connectivity index (χ4v) is 1.65. The van der Waals surface area contributed by atoms with Crippen LogP contribution in [0.3, 0.4) is 0 Å². The molecule has 4 heteroatoms. The molecule has 0 aliphatic heterocycles. The summed E-state index contributed by atoms with van der Waals surface area (Å²) in [5.74, 6) is -0.298. The fraction of sp³-hybridized carbons (Fsp3) is 0.417. The van der Waals surface area contributed by atoms with Crippen molar-refractivity contribution in [1.82, 2.24) is 0 Å². The van der Waals surface area contributed by atoms with Crippen LogP contribution in [0, 0.1) is 0 Å². The van der Waals surface area contributed by atoms with Crippen LogP contribution in [0.2, 0.25) is 5.02 Å². The van der Waals surface area contributed by atoms with Gasteiger partial charge in [-0.15, -0.1) is 0 Å². The largest absolute Gasteiger partial charge is 0.466 e. The van der Waals surface area contributed by atoms with E-state index in [9.17, 15) is 9.90 Å². The van der Waals surface area contributed by atoms with Gasteiger partial charge in [0.1, 0.15) is 0 Å². The number of rotatable bonds is 5. The van der Waals surface area contributed by atoms with E-state index in [1.807, 2.05) is 0 Å². The number of esters is 1. The summed E-state index contributed by atoms with van der Waals surface area (Å²) in [5, 5.41) is 10.3. The Morgan fingerprint density at radius 2 is 2.19 bits per heavy atom. The lowest BCUT2D eigenvalue weighted by molar-refractivity contribution is -0.143. The van der Waals surface area contributed by atoms with E-state index in [-0.39, 0.29) is 12.4 Å². The number of hydrogen-bond donors (Lipinski definition) is 1. The lowest BCUT2D eigenvalue weighted by Gasteiger charge is -2.11. The van der Waals surface area contributed by atoms with Crippen molar-refractivity contribution in [2.75, 3.05) is 6.61 Å². The molecule has 0 saturated heterocycles. The van der Waals surface area contributed by atoms with E-state index in [1.165, 1.54) is 0 Å². The third-order valence-corrected chi connectivity index (χ3v) is 2.54. The van der Waals surface area contributed by atoms with Gasteiger partial charge in [-0.05, 0) is 25.0 Å². The summed E-state index contributed by atoms with van der Waals surface area (Å²) in [7, 11) is 0. The smallest absolute Gasteiger partial charge is 0.305 e. The number of carbonyl (C=O) groups is 1. The summed E-state index contributed by atoms with van der Waals surface area (Å²) >= 11 is 5.92. The normalized spacial score (nSPS) is 12.2. The van der Waals surface area contributed by atoms with Crippen molar-refractivity contribution in [1.29, 1.82) is 0 Å². The zero-order valence-electron chi connectivity index (χ0n) is 9.15. The van der Waals surface area contributed by atoms with Gasteiger partial charge < -0.3 is 9.84 Å². The van der Waals surface area contributed by atoms with Crippen LogP contribution in [0.15, 0.2) is 24.3 Å². The quantitative estimate of drug-likeness (QED) is 0.808. The van der Waals surface area contributed by atoms with Gasteiger partial charge in [0, 0.05) is 11.4 Å². The summed E-state index contributed by atoms with van der Waals surface area (Å²) in [6.45, 7) is 2.11. The number of halogens is 1. The molecule has 0 radical (unpaired) electrons. The maximum atomic E-state index is 11.1. The van der Waals surface area contributed by atoms with E-state index >= 15 is 0 Å². The van der Waals surface area contributed by atoms with Crippen molar-refractivity contribution in [3.63, 3.8) is 0 Å². The zero-order chi connectivity index (χ0) is 12.0. The molecule has 0 spiro atoms. The van der Waals surface area contributed by atoms with Crippen LogP contribution >= 0.6 is 11.6 Å². The molecule has 1 aromatic carbocycles. The lowest BCUT2D eigenvalue weighted by atomic mass is 10.1. The van der Waals surface area contributed by atoms with Gasteiger partial charge in [0.15, 0.2) is 0 Å². The van der Waals surface area contributed by atoms with Gasteiger partial charge >= 0.3 is 5.97 Å². The molecule has 1 unspecified atom stereocenters. The molecule has 88 valence electrons. The van der Waals surface area contributed by atoms with Crippen molar-refractivity contribution in [3.8, 4) is 0 Å². The van der Waals surface area contributed by atoms with E-state index in [2.05, 4.69) is 0 Å². The van der Waals surface area contributed by atoms with Crippen LogP contribution in [0.25, 0.3) is 0 Å². The molecule has 1 N–H and O–H groups in total. The van der Waals surface area contributed by atoms with E-state index in [0.717, 1.165) is 0 Å². The maximum absolute atomic E-state index is 11.1. The maximum Gasteiger partial charge on any atom is 0.305 e. The minimum Gasteiger partial charge on any atom is -0.466 e. The van der Waals surface area contributed by atoms with E-state index in [1.54, 1.807) is 31.2 Å². The van der Waals surface area contributed by atoms with Crippen LogP contribution in [-0.4, -0.2) is 17.7 Å². The number of ether oxygens (including phenoxy) is 1. The molecule has 0 aromatic heterocycles. The summed E-state index contributed by atoms with van der Waals surface area (Å²) in [6.07, 6.45) is -0.207. The molecule has 1 aromatic rings. The van der Waals surface area contributed by atoms with Gasteiger partial charge in [0.05, 0.1) is 12.7 Å². The van der Waals surface area contributed by atoms with Crippen LogP contribution in [-0.2, 0) is 9.53 Å². The van der Waals surface area contributed by atoms with Crippen LogP contribution in [0.1, 0.15) is 31.4 Å². The van der Waals surface area contributed by atoms with Crippen molar-refractivity contribution >= 4 is 17.6 Å². The first-order valence-corrected chi connectivity index (χ1v) is 5.61. The molecule has 0 fully saturated rings. The molecule has 0 amide bonds. The second kappa shape index (κ2) is 6.51. The Hall–Kier alpha value is -1.06. The third-order valence-electron chi connectivity index (χ3n) is 2.19. The Labute approximate surface area is 100.0 Å². The highest BCUT2D eigenvalue weighted by Crippen LogP contribution is 2.25. The van der Waals surface area contributed by atoms with Gasteiger partial charge in [0.25, 0.3) is 0 Å². The van der Waals surface area contributed by atoms with Crippen LogP contribution in [0.5, 0.6) is 0 Å². The number of carbonyl (C=O) groups excluding carboxylic acids is 1. The number of hydrogen-bond acceptors (Lipinski definition) is 3. The topological polar surface area (TPSA) is 46.5 Å². The Morgan fingerprint density at radius 3 is 2.81 bits per heavy atom. The van der Waals surface area contributed by atoms with Gasteiger partial charge in [0.2, 0.25) is 0 Å². The Bertz CT molecular complexity index is 352. The van der Waals surface area contributed by atoms with Crippen molar-refractivity contribution in [2.45, 2.75) is 25.9 Å². The predicted octanol–water partition coefficient (Wildman–Crippen LogP) is 2.72. The molecule has 3 nitrogen and oxygen atoms in total. The number of benzene rings is 1. The Morgan fingerprint density at radius 1 is 1.50 bits per heavy atom. The predicted molar refractivity (Wildman–Crippen MR) is 62.3 cm³/mol. The van der Waals surface area contributed by atoms with Gasteiger partial charge in [-0.1, -0.05) is 29.8 Å². The summed E-state index contributed by atoms with van der Waals surface area (Å²) < 4.78 is 4.78. The molecule has 0 saturated carbocycles. The minimum absolute atomic E-state index is 0.195. The minimum atomic E-state index is -0.724. The first-order chi connectivity index (χ1) is 7.65. The average Bonchev–Trinajstić information content (AvgIpc) is 2.27. The third kappa shape index (κ3) is 3.83. The molecule has 0 aliphatic rings. The number of aliphatic hydroxyl groups excluding tert-OH is 1. The molecule has 16 heavy (non-hydrogen) atoms. The number of aliphatic hydroxyl groups is 1. The molecule has 1 atom stereocenters. The van der Waals surface area contributed by atoms with Gasteiger partial charge in [-0.25, -0.2) is 0 Å². The molecular weight excluding hydrogens is 228 g/mol. The fourth-order valence-electron chi connectivity index (χ4n) is 1.39. The molecule has 0 aliphatic carbocycles. The first-order valence-electron chi connectivity index (χ1n) is 5.23. The summed E-state index contributed by atoms with van der Waals surface area (Å²) in [6, 6.07) is 7.06. The highest BCUT2D eigenvalue weighted by atomic mass is 35.5. The zero-order valence-corrected chi connectivity index (χ0v) is 9.91. The van der Waals surface area contributed by atoms with E-state index in [0.29, 0.717) is 23.6 Å².